The third-order valence-electron chi connectivity index (χ3n) is 5.42. The topological polar surface area (TPSA) is 84.9 Å². The van der Waals surface area contributed by atoms with Crippen LogP contribution >= 0.6 is 15.9 Å². The summed E-state index contributed by atoms with van der Waals surface area (Å²) in [4.78, 5) is 39.5. The molecule has 3 aromatic rings. The number of hydrogen-bond acceptors (Lipinski definition) is 5. The highest BCUT2D eigenvalue weighted by Gasteiger charge is 2.37. The molecule has 4 rings (SSSR count). The Kier molecular flexibility index (Phi) is 7.85. The molecule has 1 aliphatic rings. The number of carbonyl (C=O) groups excluding carboxylic acids is 3. The van der Waals surface area contributed by atoms with E-state index in [9.17, 15) is 14.4 Å². The molecule has 184 valence electrons. The maximum Gasteiger partial charge on any atom is 0.335 e. The third kappa shape index (κ3) is 5.83. The number of anilines is 1. The van der Waals surface area contributed by atoms with Gasteiger partial charge in [-0.05, 0) is 67.4 Å². The molecule has 36 heavy (non-hydrogen) atoms. The second kappa shape index (κ2) is 11.2. The molecule has 7 nitrogen and oxygen atoms in total. The molecule has 1 N–H and O–H groups in total. The van der Waals surface area contributed by atoms with Crippen molar-refractivity contribution < 1.29 is 23.9 Å². The van der Waals surface area contributed by atoms with Gasteiger partial charge in [0, 0.05) is 10.0 Å². The summed E-state index contributed by atoms with van der Waals surface area (Å²) in [6.45, 7) is 4.88. The largest absolute Gasteiger partial charge is 0.494 e. The second-order valence-corrected chi connectivity index (χ2v) is 9.18. The highest BCUT2D eigenvalue weighted by atomic mass is 79.9. The number of barbiturate groups is 1. The number of hydrogen-bond donors (Lipinski definition) is 1. The van der Waals surface area contributed by atoms with Crippen LogP contribution < -0.4 is 19.7 Å². The molecule has 3 aromatic carbocycles. The van der Waals surface area contributed by atoms with Crippen LogP contribution in [0.25, 0.3) is 6.08 Å². The van der Waals surface area contributed by atoms with Gasteiger partial charge in [0.25, 0.3) is 11.8 Å². The molecule has 0 unspecified atom stereocenters. The van der Waals surface area contributed by atoms with Crippen LogP contribution in [0.1, 0.15) is 30.0 Å². The highest BCUT2D eigenvalue weighted by Crippen LogP contribution is 2.29. The zero-order valence-electron chi connectivity index (χ0n) is 19.9. The minimum Gasteiger partial charge on any atom is -0.494 e. The Hall–Kier alpha value is -3.91. The Bertz CT molecular complexity index is 1330. The molecule has 0 spiro atoms. The quantitative estimate of drug-likeness (QED) is 0.284. The van der Waals surface area contributed by atoms with Gasteiger partial charge in [-0.3, -0.25) is 14.9 Å². The molecule has 1 aliphatic heterocycles. The zero-order valence-corrected chi connectivity index (χ0v) is 21.5. The first-order chi connectivity index (χ1) is 17.4. The summed E-state index contributed by atoms with van der Waals surface area (Å²) in [5, 5.41) is 2.25. The van der Waals surface area contributed by atoms with Crippen LogP contribution in [-0.2, 0) is 16.2 Å². The van der Waals surface area contributed by atoms with E-state index in [2.05, 4.69) is 21.2 Å². The van der Waals surface area contributed by atoms with Crippen LogP contribution in [0.4, 0.5) is 10.5 Å². The molecule has 0 radical (unpaired) electrons. The fourth-order valence-corrected chi connectivity index (χ4v) is 4.06. The monoisotopic (exact) mass is 548 g/mol. The maximum absolute atomic E-state index is 13.3. The lowest BCUT2D eigenvalue weighted by Gasteiger charge is -2.26. The Morgan fingerprint density at radius 1 is 0.972 bits per heavy atom. The van der Waals surface area contributed by atoms with E-state index in [1.165, 1.54) is 6.08 Å². The molecular formula is C28H25BrN2O5. The number of halogens is 1. The van der Waals surface area contributed by atoms with Gasteiger partial charge in [-0.15, -0.1) is 0 Å². The van der Waals surface area contributed by atoms with Gasteiger partial charge in [-0.2, -0.15) is 0 Å². The van der Waals surface area contributed by atoms with Crippen molar-refractivity contribution in [3.8, 4) is 11.5 Å². The van der Waals surface area contributed by atoms with Gasteiger partial charge >= 0.3 is 6.03 Å². The smallest absolute Gasteiger partial charge is 0.335 e. The predicted molar refractivity (Wildman–Crippen MR) is 141 cm³/mol. The number of rotatable bonds is 8. The average molecular weight is 549 g/mol. The van der Waals surface area contributed by atoms with Crippen molar-refractivity contribution in [2.75, 3.05) is 11.5 Å². The lowest BCUT2D eigenvalue weighted by atomic mass is 10.1. The van der Waals surface area contributed by atoms with Gasteiger partial charge in [0.2, 0.25) is 0 Å². The molecular weight excluding hydrogens is 524 g/mol. The number of amides is 4. The Labute approximate surface area is 217 Å². The first-order valence-electron chi connectivity index (χ1n) is 11.5. The predicted octanol–water partition coefficient (Wildman–Crippen LogP) is 5.79. The number of aryl methyl sites for hydroxylation is 1. The number of nitrogens with zero attached hydrogens (tertiary/aromatic N) is 1. The SMILES string of the molecule is CCCOc1ccc(N2C(=O)NC(=O)/C(=C/c3cc(Br)ccc3OCc3cccc(C)c3)C2=O)cc1. The molecule has 0 aromatic heterocycles. The van der Waals surface area contributed by atoms with Crippen LogP contribution in [0.5, 0.6) is 11.5 Å². The van der Waals surface area contributed by atoms with Gasteiger partial charge < -0.3 is 9.47 Å². The number of ether oxygens (including phenoxy) is 2. The summed E-state index contributed by atoms with van der Waals surface area (Å²) in [5.41, 5.74) is 2.78. The van der Waals surface area contributed by atoms with Crippen LogP contribution in [-0.4, -0.2) is 24.5 Å². The van der Waals surface area contributed by atoms with Gasteiger partial charge in [0.05, 0.1) is 12.3 Å². The molecule has 0 atom stereocenters. The van der Waals surface area contributed by atoms with E-state index >= 15 is 0 Å². The normalized spacial score (nSPS) is 14.7. The second-order valence-electron chi connectivity index (χ2n) is 8.26. The van der Waals surface area contributed by atoms with Crippen molar-refractivity contribution in [1.82, 2.24) is 5.32 Å². The van der Waals surface area contributed by atoms with E-state index in [1.807, 2.05) is 44.2 Å². The standard InChI is InChI=1S/C28H25BrN2O5/c1-3-13-35-23-10-8-22(9-11-23)31-27(33)24(26(32)30-28(31)34)16-20-15-21(29)7-12-25(20)36-17-19-6-4-5-18(2)14-19/h4-12,14-16H,3,13,17H2,1-2H3,(H,30,32,34)/b24-16-. The summed E-state index contributed by atoms with van der Waals surface area (Å²) in [6, 6.07) is 19.0. The molecule has 1 saturated heterocycles. The van der Waals surface area contributed by atoms with Crippen molar-refractivity contribution >= 4 is 45.5 Å². The Morgan fingerprint density at radius 3 is 2.47 bits per heavy atom. The summed E-state index contributed by atoms with van der Waals surface area (Å²) >= 11 is 3.43. The first-order valence-corrected chi connectivity index (χ1v) is 12.3. The molecule has 0 bridgehead atoms. The zero-order chi connectivity index (χ0) is 25.7. The lowest BCUT2D eigenvalue weighted by molar-refractivity contribution is -0.122. The summed E-state index contributed by atoms with van der Waals surface area (Å²) in [6.07, 6.45) is 2.30. The van der Waals surface area contributed by atoms with Gasteiger partial charge in [-0.1, -0.05) is 52.7 Å². The van der Waals surface area contributed by atoms with E-state index in [1.54, 1.807) is 36.4 Å². The Morgan fingerprint density at radius 2 is 1.75 bits per heavy atom. The Balaban J connectivity index is 1.62. The number of urea groups is 1. The van der Waals surface area contributed by atoms with E-state index in [4.69, 9.17) is 9.47 Å². The van der Waals surface area contributed by atoms with Crippen molar-refractivity contribution in [1.29, 1.82) is 0 Å². The fourth-order valence-electron chi connectivity index (χ4n) is 3.69. The molecule has 1 heterocycles. The number of imide groups is 2. The number of nitrogens with one attached hydrogen (secondary N) is 1. The highest BCUT2D eigenvalue weighted by molar-refractivity contribution is 9.10. The van der Waals surface area contributed by atoms with Crippen molar-refractivity contribution in [2.45, 2.75) is 26.9 Å². The molecule has 0 saturated carbocycles. The first kappa shape index (κ1) is 25.2. The summed E-state index contributed by atoms with van der Waals surface area (Å²) in [7, 11) is 0. The molecule has 0 aliphatic carbocycles. The lowest BCUT2D eigenvalue weighted by Crippen LogP contribution is -2.54. The maximum atomic E-state index is 13.3. The van der Waals surface area contributed by atoms with Crippen LogP contribution in [0.3, 0.4) is 0 Å². The van der Waals surface area contributed by atoms with E-state index in [0.717, 1.165) is 26.9 Å². The van der Waals surface area contributed by atoms with E-state index in [-0.39, 0.29) is 5.57 Å². The van der Waals surface area contributed by atoms with Crippen molar-refractivity contribution in [2.24, 2.45) is 0 Å². The van der Waals surface area contributed by atoms with Crippen LogP contribution in [0.15, 0.2) is 76.8 Å². The molecule has 1 fully saturated rings. The van der Waals surface area contributed by atoms with Crippen molar-refractivity contribution in [3.05, 3.63) is 93.5 Å². The van der Waals surface area contributed by atoms with Crippen LogP contribution in [0.2, 0.25) is 0 Å². The summed E-state index contributed by atoms with van der Waals surface area (Å²) < 4.78 is 12.3. The minimum absolute atomic E-state index is 0.181. The van der Waals surface area contributed by atoms with Gasteiger partial charge in [0.1, 0.15) is 23.7 Å². The van der Waals surface area contributed by atoms with Gasteiger partial charge in [-0.25, -0.2) is 9.69 Å². The van der Waals surface area contributed by atoms with Gasteiger partial charge in [0.15, 0.2) is 0 Å². The molecule has 8 heteroatoms. The van der Waals surface area contributed by atoms with E-state index in [0.29, 0.717) is 36.0 Å². The minimum atomic E-state index is -0.811. The number of carbonyl (C=O) groups is 3. The third-order valence-corrected chi connectivity index (χ3v) is 5.91. The molecule has 4 amide bonds. The fraction of sp³-hybridized carbons (Fsp3) is 0.179. The number of benzene rings is 3. The average Bonchev–Trinajstić information content (AvgIpc) is 2.85. The van der Waals surface area contributed by atoms with Crippen molar-refractivity contribution in [3.63, 3.8) is 0 Å². The summed E-state index contributed by atoms with van der Waals surface area (Å²) in [5.74, 6) is -0.375. The van der Waals surface area contributed by atoms with Crippen LogP contribution in [0, 0.1) is 6.92 Å². The van der Waals surface area contributed by atoms with E-state index < -0.39 is 17.8 Å².